The highest BCUT2D eigenvalue weighted by molar-refractivity contribution is 5.65. The number of piperidine rings is 1. The Morgan fingerprint density at radius 1 is 0.933 bits per heavy atom. The zero-order chi connectivity index (χ0) is 21.9. The molecule has 1 saturated heterocycles. The van der Waals surface area contributed by atoms with Crippen molar-refractivity contribution in [1.82, 2.24) is 10.2 Å². The van der Waals surface area contributed by atoms with E-state index in [0.717, 1.165) is 25.9 Å². The zero-order valence-corrected chi connectivity index (χ0v) is 19.0. The standard InChI is InChI=1S/C26H36N2O2/c1-25(2,3)23(27-24(29)30)21-15-17-28(18-16-21)26(4,5)22-13-11-20(12-14-22)19-9-7-6-8-10-19/h6-14,21,23,27H,15-18H2,1-5H3,(H,29,30). The minimum Gasteiger partial charge on any atom is -0.465 e. The van der Waals surface area contributed by atoms with Crippen molar-refractivity contribution < 1.29 is 9.90 Å². The first-order chi connectivity index (χ1) is 14.1. The molecule has 0 spiro atoms. The van der Waals surface area contributed by atoms with Crippen molar-refractivity contribution in [2.24, 2.45) is 11.3 Å². The van der Waals surface area contributed by atoms with Crippen LogP contribution in [0, 0.1) is 11.3 Å². The van der Waals surface area contributed by atoms with Crippen LogP contribution in [-0.2, 0) is 5.54 Å². The van der Waals surface area contributed by atoms with Gasteiger partial charge in [0.1, 0.15) is 0 Å². The molecule has 2 aromatic carbocycles. The predicted octanol–water partition coefficient (Wildman–Crippen LogP) is 5.98. The van der Waals surface area contributed by atoms with Crippen molar-refractivity contribution in [3.05, 3.63) is 60.2 Å². The van der Waals surface area contributed by atoms with Crippen LogP contribution in [0.15, 0.2) is 54.6 Å². The summed E-state index contributed by atoms with van der Waals surface area (Å²) in [5.41, 5.74) is 3.64. The van der Waals surface area contributed by atoms with E-state index in [1.165, 1.54) is 16.7 Å². The number of likely N-dealkylation sites (tertiary alicyclic amines) is 1. The lowest BCUT2D eigenvalue weighted by atomic mass is 9.74. The van der Waals surface area contributed by atoms with Gasteiger partial charge in [-0.25, -0.2) is 4.79 Å². The summed E-state index contributed by atoms with van der Waals surface area (Å²) in [5.74, 6) is 0.369. The molecule has 30 heavy (non-hydrogen) atoms. The van der Waals surface area contributed by atoms with Crippen LogP contribution in [0.2, 0.25) is 0 Å². The number of amides is 1. The Balaban J connectivity index is 1.69. The van der Waals surface area contributed by atoms with Crippen molar-refractivity contribution in [3.63, 3.8) is 0 Å². The lowest BCUT2D eigenvalue weighted by Gasteiger charge is -2.46. The Bertz CT molecular complexity index is 830. The van der Waals surface area contributed by atoms with E-state index in [1.807, 2.05) is 6.07 Å². The molecule has 2 N–H and O–H groups in total. The van der Waals surface area contributed by atoms with E-state index in [2.05, 4.69) is 93.4 Å². The zero-order valence-electron chi connectivity index (χ0n) is 19.0. The van der Waals surface area contributed by atoms with Gasteiger partial charge in [0.05, 0.1) is 0 Å². The lowest BCUT2D eigenvalue weighted by Crippen LogP contribution is -2.53. The topological polar surface area (TPSA) is 52.6 Å². The van der Waals surface area contributed by atoms with Crippen LogP contribution in [0.4, 0.5) is 4.79 Å². The van der Waals surface area contributed by atoms with Crippen LogP contribution >= 0.6 is 0 Å². The number of benzene rings is 2. The fourth-order valence-electron chi connectivity index (χ4n) is 4.85. The Labute approximate surface area is 181 Å². The molecule has 3 rings (SSSR count). The Hall–Kier alpha value is -2.33. The maximum absolute atomic E-state index is 11.3. The van der Waals surface area contributed by atoms with Gasteiger partial charge in [-0.1, -0.05) is 75.4 Å². The minimum atomic E-state index is -0.920. The number of hydrogen-bond donors (Lipinski definition) is 2. The van der Waals surface area contributed by atoms with Crippen LogP contribution in [0.25, 0.3) is 11.1 Å². The molecular formula is C26H36N2O2. The molecule has 1 atom stereocenters. The maximum atomic E-state index is 11.3. The van der Waals surface area contributed by atoms with Crippen LogP contribution in [0.1, 0.15) is 53.0 Å². The van der Waals surface area contributed by atoms with Crippen molar-refractivity contribution in [3.8, 4) is 11.1 Å². The van der Waals surface area contributed by atoms with E-state index in [9.17, 15) is 9.90 Å². The van der Waals surface area contributed by atoms with Crippen molar-refractivity contribution in [2.75, 3.05) is 13.1 Å². The molecule has 1 amide bonds. The molecule has 0 aromatic heterocycles. The van der Waals surface area contributed by atoms with Crippen LogP contribution < -0.4 is 5.32 Å². The lowest BCUT2D eigenvalue weighted by molar-refractivity contribution is 0.0470. The molecule has 1 aliphatic heterocycles. The van der Waals surface area contributed by atoms with Gasteiger partial charge in [-0.05, 0) is 67.8 Å². The average molecular weight is 409 g/mol. The first-order valence-electron chi connectivity index (χ1n) is 11.0. The molecule has 1 unspecified atom stereocenters. The molecule has 2 aromatic rings. The number of nitrogens with one attached hydrogen (secondary N) is 1. The number of nitrogens with zero attached hydrogens (tertiary/aromatic N) is 1. The average Bonchev–Trinajstić information content (AvgIpc) is 2.72. The van der Waals surface area contributed by atoms with E-state index in [0.29, 0.717) is 5.92 Å². The largest absolute Gasteiger partial charge is 0.465 e. The van der Waals surface area contributed by atoms with Gasteiger partial charge in [-0.2, -0.15) is 0 Å². The molecule has 0 aliphatic carbocycles. The second-order valence-electron chi connectivity index (χ2n) is 10.1. The monoisotopic (exact) mass is 408 g/mol. The Kier molecular flexibility index (Phi) is 6.56. The van der Waals surface area contributed by atoms with Crippen LogP contribution in [0.3, 0.4) is 0 Å². The van der Waals surface area contributed by atoms with Gasteiger partial charge in [-0.15, -0.1) is 0 Å². The van der Waals surface area contributed by atoms with Crippen molar-refractivity contribution in [2.45, 2.75) is 59.0 Å². The highest BCUT2D eigenvalue weighted by Gasteiger charge is 2.38. The highest BCUT2D eigenvalue weighted by atomic mass is 16.4. The van der Waals surface area contributed by atoms with Crippen molar-refractivity contribution >= 4 is 6.09 Å². The normalized spacial score (nSPS) is 17.5. The summed E-state index contributed by atoms with van der Waals surface area (Å²) in [6.07, 6.45) is 1.10. The quantitative estimate of drug-likeness (QED) is 0.639. The maximum Gasteiger partial charge on any atom is 0.404 e. The molecule has 0 saturated carbocycles. The van der Waals surface area contributed by atoms with E-state index in [1.54, 1.807) is 0 Å². The summed E-state index contributed by atoms with van der Waals surface area (Å²) < 4.78 is 0. The van der Waals surface area contributed by atoms with Crippen LogP contribution in [0.5, 0.6) is 0 Å². The smallest absolute Gasteiger partial charge is 0.404 e. The van der Waals surface area contributed by atoms with E-state index < -0.39 is 6.09 Å². The summed E-state index contributed by atoms with van der Waals surface area (Å²) in [6, 6.07) is 19.4. The van der Waals surface area contributed by atoms with Gasteiger partial charge < -0.3 is 10.4 Å². The first kappa shape index (κ1) is 22.4. The molecule has 1 aliphatic rings. The summed E-state index contributed by atoms with van der Waals surface area (Å²) in [7, 11) is 0. The van der Waals surface area contributed by atoms with Gasteiger partial charge in [0.15, 0.2) is 0 Å². The van der Waals surface area contributed by atoms with Crippen molar-refractivity contribution in [1.29, 1.82) is 0 Å². The second kappa shape index (κ2) is 8.81. The predicted molar refractivity (Wildman–Crippen MR) is 124 cm³/mol. The number of carbonyl (C=O) groups is 1. The fraction of sp³-hybridized carbons (Fsp3) is 0.500. The number of rotatable bonds is 5. The van der Waals surface area contributed by atoms with E-state index >= 15 is 0 Å². The van der Waals surface area contributed by atoms with Gasteiger partial charge in [0.25, 0.3) is 0 Å². The highest BCUT2D eigenvalue weighted by Crippen LogP contribution is 2.37. The third-order valence-corrected chi connectivity index (χ3v) is 6.71. The molecule has 4 nitrogen and oxygen atoms in total. The molecular weight excluding hydrogens is 372 g/mol. The Morgan fingerprint density at radius 3 is 1.97 bits per heavy atom. The molecule has 4 heteroatoms. The summed E-state index contributed by atoms with van der Waals surface area (Å²) in [5, 5.41) is 12.1. The molecule has 1 fully saturated rings. The van der Waals surface area contributed by atoms with Gasteiger partial charge >= 0.3 is 6.09 Å². The summed E-state index contributed by atoms with van der Waals surface area (Å²) in [6.45, 7) is 12.9. The van der Waals surface area contributed by atoms with Gasteiger partial charge in [0.2, 0.25) is 0 Å². The summed E-state index contributed by atoms with van der Waals surface area (Å²) in [4.78, 5) is 13.9. The van der Waals surface area contributed by atoms with Gasteiger partial charge in [-0.3, -0.25) is 4.90 Å². The third kappa shape index (κ3) is 5.04. The fourth-order valence-corrected chi connectivity index (χ4v) is 4.85. The van der Waals surface area contributed by atoms with E-state index in [-0.39, 0.29) is 17.0 Å². The first-order valence-corrected chi connectivity index (χ1v) is 11.0. The molecule has 0 radical (unpaired) electrons. The third-order valence-electron chi connectivity index (χ3n) is 6.71. The Morgan fingerprint density at radius 2 is 1.47 bits per heavy atom. The summed E-state index contributed by atoms with van der Waals surface area (Å²) >= 11 is 0. The number of carboxylic acid groups (broad SMARTS) is 1. The van der Waals surface area contributed by atoms with Crippen LogP contribution in [-0.4, -0.2) is 35.2 Å². The molecule has 162 valence electrons. The van der Waals surface area contributed by atoms with E-state index in [4.69, 9.17) is 0 Å². The SMILES string of the molecule is CC(C)(C)C(NC(=O)O)C1CCN(C(C)(C)c2ccc(-c3ccccc3)cc2)CC1. The minimum absolute atomic E-state index is 0.0228. The second-order valence-corrected chi connectivity index (χ2v) is 10.1. The number of hydrogen-bond acceptors (Lipinski definition) is 2. The molecule has 1 heterocycles. The van der Waals surface area contributed by atoms with Gasteiger partial charge in [0, 0.05) is 11.6 Å². The molecule has 0 bridgehead atoms.